The molecule has 4 atom stereocenters. The highest BCUT2D eigenvalue weighted by Gasteiger charge is 2.41. The zero-order valence-corrected chi connectivity index (χ0v) is 36.8. The Morgan fingerprint density at radius 2 is 1.36 bits per heavy atom. The van der Waals surface area contributed by atoms with E-state index in [0.717, 1.165) is 86.5 Å². The predicted octanol–water partition coefficient (Wildman–Crippen LogP) is 7.90. The standard InChI is InChI=1S/C50H51N9O7/c1-64-49(62)56-42(29-17-22-66-23-18-29)47(60)59-21-5-8-41(59)46-53-38-16-14-34-25-33(13-15-37(34)44(38)55-46)30-9-10-32-26-35(12-11-31(32)24-30)39-28-52-45(54-39)40-7-4-20-58(40)48(61)43(57-50(63)65-2)36-6-3-19-51-27-36/h3,6,9-16,19,24-29,40-43H,4-5,7-8,17-18,20-23H2,1-2H3,(H,52,54)(H,53,55)(H,56,62)(H,57,63)/t40-,41-,42-,43?/m0/s1. The van der Waals surface area contributed by atoms with E-state index < -0.39 is 24.3 Å². The van der Waals surface area contributed by atoms with Gasteiger partial charge in [0, 0.05) is 55.2 Å². The van der Waals surface area contributed by atoms with E-state index in [1.807, 2.05) is 11.1 Å². The molecule has 16 nitrogen and oxygen atoms in total. The summed E-state index contributed by atoms with van der Waals surface area (Å²) in [6, 6.07) is 24.7. The zero-order chi connectivity index (χ0) is 45.3. The van der Waals surface area contributed by atoms with Crippen molar-refractivity contribution in [3.8, 4) is 22.4 Å². The topological polar surface area (TPSA) is 197 Å². The van der Waals surface area contributed by atoms with Crippen molar-refractivity contribution in [3.05, 3.63) is 115 Å². The van der Waals surface area contributed by atoms with E-state index in [0.29, 0.717) is 50.5 Å². The Kier molecular flexibility index (Phi) is 11.8. The van der Waals surface area contributed by atoms with Crippen molar-refractivity contribution in [2.24, 2.45) is 5.92 Å². The summed E-state index contributed by atoms with van der Waals surface area (Å²) < 4.78 is 15.3. The number of aromatic amines is 2. The molecule has 1 unspecified atom stereocenters. The number of nitrogens with one attached hydrogen (secondary N) is 4. The van der Waals surface area contributed by atoms with Gasteiger partial charge in [-0.05, 0) is 102 Å². The van der Waals surface area contributed by atoms with Crippen LogP contribution in [-0.4, -0.2) is 105 Å². The van der Waals surface area contributed by atoms with Crippen molar-refractivity contribution < 1.29 is 33.4 Å². The van der Waals surface area contributed by atoms with Crippen molar-refractivity contribution in [1.29, 1.82) is 0 Å². The van der Waals surface area contributed by atoms with E-state index in [9.17, 15) is 19.2 Å². The summed E-state index contributed by atoms with van der Waals surface area (Å²) in [4.78, 5) is 77.4. The number of imidazole rings is 2. The number of alkyl carbamates (subject to hydrolysis) is 2. The van der Waals surface area contributed by atoms with Gasteiger partial charge in [-0.1, -0.05) is 48.5 Å². The number of nitrogens with zero attached hydrogens (tertiary/aromatic N) is 5. The van der Waals surface area contributed by atoms with E-state index in [4.69, 9.17) is 24.2 Å². The Labute approximate surface area is 380 Å². The van der Waals surface area contributed by atoms with Crippen LogP contribution in [0.1, 0.15) is 73.9 Å². The van der Waals surface area contributed by atoms with Crippen molar-refractivity contribution >= 4 is 56.6 Å². The second-order valence-electron chi connectivity index (χ2n) is 17.3. The van der Waals surface area contributed by atoms with Crippen LogP contribution < -0.4 is 10.6 Å². The van der Waals surface area contributed by atoms with Crippen molar-refractivity contribution in [2.75, 3.05) is 40.5 Å². The van der Waals surface area contributed by atoms with Gasteiger partial charge in [-0.25, -0.2) is 19.6 Å². The van der Waals surface area contributed by atoms with E-state index >= 15 is 0 Å². The number of methoxy groups -OCH3 is 2. The van der Waals surface area contributed by atoms with Gasteiger partial charge in [0.15, 0.2) is 0 Å². The van der Waals surface area contributed by atoms with Gasteiger partial charge in [0.05, 0.1) is 49.2 Å². The summed E-state index contributed by atoms with van der Waals surface area (Å²) in [7, 11) is 2.58. The van der Waals surface area contributed by atoms with Gasteiger partial charge < -0.3 is 44.6 Å². The number of hydrogen-bond acceptors (Lipinski definition) is 10. The van der Waals surface area contributed by atoms with Crippen LogP contribution in [0.15, 0.2) is 97.5 Å². The van der Waals surface area contributed by atoms with Crippen molar-refractivity contribution in [3.63, 3.8) is 0 Å². The molecule has 0 aliphatic carbocycles. The van der Waals surface area contributed by atoms with E-state index in [2.05, 4.69) is 92.3 Å². The number of fused-ring (bicyclic) bond motifs is 4. The fraction of sp³-hybridized carbons (Fsp3) is 0.340. The largest absolute Gasteiger partial charge is 0.453 e. The number of likely N-dealkylation sites (tertiary alicyclic amines) is 2. The van der Waals surface area contributed by atoms with Crippen LogP contribution in [0.5, 0.6) is 0 Å². The van der Waals surface area contributed by atoms with Gasteiger partial charge >= 0.3 is 12.2 Å². The molecular formula is C50H51N9O7. The monoisotopic (exact) mass is 889 g/mol. The first-order valence-corrected chi connectivity index (χ1v) is 22.6. The third-order valence-corrected chi connectivity index (χ3v) is 13.4. The molecule has 0 bridgehead atoms. The molecule has 3 aliphatic rings. The summed E-state index contributed by atoms with van der Waals surface area (Å²) in [6.45, 7) is 2.23. The average molecular weight is 890 g/mol. The van der Waals surface area contributed by atoms with E-state index in [1.165, 1.54) is 14.2 Å². The van der Waals surface area contributed by atoms with Gasteiger partial charge in [0.2, 0.25) is 5.91 Å². The zero-order valence-electron chi connectivity index (χ0n) is 36.8. The van der Waals surface area contributed by atoms with E-state index in [1.54, 1.807) is 29.4 Å². The highest BCUT2D eigenvalue weighted by Crippen LogP contribution is 2.38. The van der Waals surface area contributed by atoms with Gasteiger partial charge in [0.25, 0.3) is 5.91 Å². The second-order valence-corrected chi connectivity index (χ2v) is 17.3. The van der Waals surface area contributed by atoms with Crippen LogP contribution in [0.2, 0.25) is 0 Å². The Hall–Kier alpha value is -7.33. The average Bonchev–Trinajstić information content (AvgIpc) is 4.21. The van der Waals surface area contributed by atoms with Crippen molar-refractivity contribution in [1.82, 2.24) is 45.4 Å². The predicted molar refractivity (Wildman–Crippen MR) is 247 cm³/mol. The minimum absolute atomic E-state index is 0.0371. The lowest BCUT2D eigenvalue weighted by molar-refractivity contribution is -0.137. The van der Waals surface area contributed by atoms with Crippen LogP contribution in [0.4, 0.5) is 9.59 Å². The molecule has 66 heavy (non-hydrogen) atoms. The Morgan fingerprint density at radius 3 is 2.09 bits per heavy atom. The first-order chi connectivity index (χ1) is 32.3. The highest BCUT2D eigenvalue weighted by molar-refractivity contribution is 6.06. The summed E-state index contributed by atoms with van der Waals surface area (Å²) in [5.74, 6) is 1.03. The van der Waals surface area contributed by atoms with E-state index in [-0.39, 0.29) is 29.8 Å². The minimum Gasteiger partial charge on any atom is -0.453 e. The number of hydrogen-bond donors (Lipinski definition) is 4. The number of pyridine rings is 1. The lowest BCUT2D eigenvalue weighted by Crippen LogP contribution is -2.53. The Balaban J connectivity index is 0.858. The molecule has 3 aromatic heterocycles. The number of ether oxygens (including phenoxy) is 3. The lowest BCUT2D eigenvalue weighted by Gasteiger charge is -2.34. The third kappa shape index (κ3) is 8.28. The van der Waals surface area contributed by atoms with Gasteiger partial charge in [-0.15, -0.1) is 0 Å². The summed E-state index contributed by atoms with van der Waals surface area (Å²) >= 11 is 0. The summed E-state index contributed by atoms with van der Waals surface area (Å²) in [5.41, 5.74) is 6.31. The number of benzene rings is 4. The molecule has 4 amide bonds. The number of amides is 4. The molecule has 3 aliphatic heterocycles. The van der Waals surface area contributed by atoms with Crippen molar-refractivity contribution in [2.45, 2.75) is 62.7 Å². The van der Waals surface area contributed by atoms with Crippen LogP contribution in [0.3, 0.4) is 0 Å². The molecule has 6 heterocycles. The quantitative estimate of drug-likeness (QED) is 0.105. The number of carbonyl (C=O) groups excluding carboxylic acids is 4. The van der Waals surface area contributed by atoms with Crippen LogP contribution in [0.25, 0.3) is 55.0 Å². The molecule has 3 saturated heterocycles. The molecule has 7 aromatic rings. The fourth-order valence-corrected chi connectivity index (χ4v) is 10.0. The molecule has 4 N–H and O–H groups in total. The molecule has 10 rings (SSSR count). The maximum atomic E-state index is 14.1. The van der Waals surface area contributed by atoms with Gasteiger partial charge in [-0.3, -0.25) is 14.6 Å². The Morgan fingerprint density at radius 1 is 0.712 bits per heavy atom. The minimum atomic E-state index is -0.948. The third-order valence-electron chi connectivity index (χ3n) is 13.4. The smallest absolute Gasteiger partial charge is 0.407 e. The maximum Gasteiger partial charge on any atom is 0.407 e. The van der Waals surface area contributed by atoms with Gasteiger partial charge in [0.1, 0.15) is 23.7 Å². The fourth-order valence-electron chi connectivity index (χ4n) is 10.0. The first kappa shape index (κ1) is 42.6. The molecule has 338 valence electrons. The second kappa shape index (κ2) is 18.3. The van der Waals surface area contributed by atoms with Gasteiger partial charge in [-0.2, -0.15) is 0 Å². The molecule has 0 saturated carbocycles. The number of H-pyrrole nitrogens is 2. The first-order valence-electron chi connectivity index (χ1n) is 22.6. The summed E-state index contributed by atoms with van der Waals surface area (Å²) in [6.07, 6.45) is 8.21. The molecule has 3 fully saturated rings. The molecule has 4 aromatic carbocycles. The highest BCUT2D eigenvalue weighted by atomic mass is 16.5. The normalized spacial score (nSPS) is 18.7. The van der Waals surface area contributed by atoms with Crippen LogP contribution in [-0.2, 0) is 23.8 Å². The summed E-state index contributed by atoms with van der Waals surface area (Å²) in [5, 5.41) is 9.76. The number of carbonyl (C=O) groups is 4. The van der Waals surface area contributed by atoms with Crippen LogP contribution in [0, 0.1) is 5.92 Å². The lowest BCUT2D eigenvalue weighted by atomic mass is 9.90. The number of aromatic nitrogens is 5. The SMILES string of the molecule is COC(=O)NC(C(=O)N1CCC[C@H]1c1ncc(-c2ccc3cc(-c4ccc5c(ccc6[nH]c([C@@H]7CCCN7C(=O)[C@@H](NC(=O)OC)C7CCOCC7)nc65)c4)ccc3c2)[nH]1)c1cccnc1. The number of rotatable bonds is 10. The molecular weight excluding hydrogens is 839 g/mol. The molecule has 0 spiro atoms. The van der Waals surface area contributed by atoms with Crippen LogP contribution >= 0.6 is 0 Å². The Bertz CT molecular complexity index is 2950. The maximum absolute atomic E-state index is 14.1. The molecule has 16 heteroatoms. The molecule has 0 radical (unpaired) electrons.